The molecule has 6 aromatic rings. The van der Waals surface area contributed by atoms with Gasteiger partial charge >= 0.3 is 0 Å². The maximum Gasteiger partial charge on any atom is 0.131 e. The Morgan fingerprint density at radius 2 is 0.816 bits per heavy atom. The van der Waals surface area contributed by atoms with Crippen molar-refractivity contribution in [2.75, 3.05) is 0 Å². The Hall–Kier alpha value is -4.04. The van der Waals surface area contributed by atoms with Crippen LogP contribution in [-0.2, 0) is 12.8 Å². The van der Waals surface area contributed by atoms with Crippen LogP contribution in [0.3, 0.4) is 0 Å². The molecule has 0 bridgehead atoms. The topological polar surface area (TPSA) is 40.5 Å². The lowest BCUT2D eigenvalue weighted by Crippen LogP contribution is -1.93. The van der Waals surface area contributed by atoms with Crippen molar-refractivity contribution in [3.63, 3.8) is 0 Å². The van der Waals surface area contributed by atoms with Crippen LogP contribution >= 0.6 is 0 Å². The zero-order chi connectivity index (χ0) is 26.2. The zero-order valence-electron chi connectivity index (χ0n) is 22.2. The van der Waals surface area contributed by atoms with Crippen molar-refractivity contribution in [1.82, 2.24) is 0 Å². The van der Waals surface area contributed by atoms with Gasteiger partial charge < -0.3 is 10.2 Å². The smallest absolute Gasteiger partial charge is 0.131 e. The molecule has 0 fully saturated rings. The minimum atomic E-state index is 0.340. The van der Waals surface area contributed by atoms with Gasteiger partial charge in [-0.3, -0.25) is 0 Å². The Labute approximate surface area is 224 Å². The molecule has 0 atom stereocenters. The van der Waals surface area contributed by atoms with E-state index in [-0.39, 0.29) is 0 Å². The predicted molar refractivity (Wildman–Crippen MR) is 162 cm³/mol. The van der Waals surface area contributed by atoms with E-state index in [0.29, 0.717) is 11.5 Å². The van der Waals surface area contributed by atoms with Crippen LogP contribution in [0.1, 0.15) is 50.7 Å². The molecule has 0 saturated carbocycles. The first-order valence-corrected chi connectivity index (χ1v) is 13.9. The fraction of sp³-hybridized carbons (Fsp3) is 0.222. The quantitative estimate of drug-likeness (QED) is 0.215. The third-order valence-corrected chi connectivity index (χ3v) is 8.01. The van der Waals surface area contributed by atoms with E-state index in [1.54, 1.807) is 0 Å². The van der Waals surface area contributed by atoms with Crippen LogP contribution in [0, 0.1) is 0 Å². The highest BCUT2D eigenvalue weighted by atomic mass is 16.3. The van der Waals surface area contributed by atoms with Gasteiger partial charge in [0.2, 0.25) is 0 Å². The van der Waals surface area contributed by atoms with Crippen molar-refractivity contribution in [2.24, 2.45) is 0 Å². The summed E-state index contributed by atoms with van der Waals surface area (Å²) in [6, 6.07) is 29.4. The van der Waals surface area contributed by atoms with Crippen LogP contribution in [0.4, 0.5) is 0 Å². The highest BCUT2D eigenvalue weighted by Crippen LogP contribution is 2.49. The van der Waals surface area contributed by atoms with Gasteiger partial charge in [0.25, 0.3) is 0 Å². The molecule has 2 heteroatoms. The highest BCUT2D eigenvalue weighted by Gasteiger charge is 2.21. The van der Waals surface area contributed by atoms with E-state index < -0.39 is 0 Å². The number of hydrogen-bond acceptors (Lipinski definition) is 2. The fourth-order valence-corrected chi connectivity index (χ4v) is 6.02. The number of aromatic hydroxyl groups is 2. The van der Waals surface area contributed by atoms with E-state index in [1.807, 2.05) is 36.4 Å². The third kappa shape index (κ3) is 3.96. The van der Waals surface area contributed by atoms with Gasteiger partial charge in [-0.05, 0) is 81.6 Å². The van der Waals surface area contributed by atoms with E-state index in [1.165, 1.54) is 11.1 Å². The molecule has 0 aromatic heterocycles. The van der Waals surface area contributed by atoms with Crippen LogP contribution < -0.4 is 0 Å². The molecule has 0 saturated heterocycles. The third-order valence-electron chi connectivity index (χ3n) is 8.01. The predicted octanol–water partition coefficient (Wildman–Crippen LogP) is 10.1. The highest BCUT2D eigenvalue weighted by molar-refractivity contribution is 6.26. The van der Waals surface area contributed by atoms with E-state index in [4.69, 9.17) is 0 Å². The maximum atomic E-state index is 11.5. The van der Waals surface area contributed by atoms with Gasteiger partial charge in [-0.2, -0.15) is 0 Å². The Kier molecular flexibility index (Phi) is 6.41. The van der Waals surface area contributed by atoms with Crippen molar-refractivity contribution in [3.05, 3.63) is 96.1 Å². The summed E-state index contributed by atoms with van der Waals surface area (Å²) in [4.78, 5) is 0. The Morgan fingerprint density at radius 1 is 0.447 bits per heavy atom. The number of rotatable bonds is 7. The van der Waals surface area contributed by atoms with Gasteiger partial charge in [0.1, 0.15) is 11.5 Å². The average Bonchev–Trinajstić information content (AvgIpc) is 2.96. The van der Waals surface area contributed by atoms with Crippen molar-refractivity contribution in [3.8, 4) is 22.6 Å². The largest absolute Gasteiger partial charge is 0.507 e. The number of aryl methyl sites for hydroxylation is 2. The van der Waals surface area contributed by atoms with Crippen LogP contribution in [0.2, 0.25) is 0 Å². The molecule has 0 radical (unpaired) electrons. The number of phenols is 2. The summed E-state index contributed by atoms with van der Waals surface area (Å²) in [7, 11) is 0. The Bertz CT molecular complexity index is 1680. The molecule has 0 aliphatic carbocycles. The second-order valence-electron chi connectivity index (χ2n) is 10.5. The van der Waals surface area contributed by atoms with Crippen molar-refractivity contribution >= 4 is 43.1 Å². The minimum Gasteiger partial charge on any atom is -0.507 e. The lowest BCUT2D eigenvalue weighted by Gasteiger charge is -2.20. The first-order valence-electron chi connectivity index (χ1n) is 13.9. The SMILES string of the molecule is CCCCc1ccc2c(-c3c4ccccc4c(O)c4cc(CCCC)ccc34)c3ccccc3c(O)c2c1. The van der Waals surface area contributed by atoms with Crippen LogP contribution in [0.25, 0.3) is 54.2 Å². The summed E-state index contributed by atoms with van der Waals surface area (Å²) in [5, 5.41) is 30.6. The molecule has 2 N–H and O–H groups in total. The van der Waals surface area contributed by atoms with Gasteiger partial charge in [0.15, 0.2) is 0 Å². The molecule has 0 aliphatic rings. The molecule has 0 spiro atoms. The summed E-state index contributed by atoms with van der Waals surface area (Å²) in [6.07, 6.45) is 6.53. The number of unbranched alkanes of at least 4 members (excludes halogenated alkanes) is 2. The zero-order valence-corrected chi connectivity index (χ0v) is 22.2. The first kappa shape index (κ1) is 24.3. The summed E-state index contributed by atoms with van der Waals surface area (Å²) < 4.78 is 0. The maximum absolute atomic E-state index is 11.5. The van der Waals surface area contributed by atoms with E-state index in [2.05, 4.69) is 62.4 Å². The Morgan fingerprint density at radius 3 is 1.21 bits per heavy atom. The number of fused-ring (bicyclic) bond motifs is 4. The summed E-state index contributed by atoms with van der Waals surface area (Å²) in [5.41, 5.74) is 4.71. The monoisotopic (exact) mass is 498 g/mol. The number of phenolic OH excluding ortho intramolecular Hbond substituents is 2. The lowest BCUT2D eigenvalue weighted by molar-refractivity contribution is 0.487. The first-order chi connectivity index (χ1) is 18.6. The summed E-state index contributed by atoms with van der Waals surface area (Å²) in [6.45, 7) is 4.41. The molecule has 0 heterocycles. The number of benzene rings is 6. The lowest BCUT2D eigenvalue weighted by atomic mass is 9.84. The van der Waals surface area contributed by atoms with Crippen molar-refractivity contribution in [1.29, 1.82) is 0 Å². The minimum absolute atomic E-state index is 0.340. The molecule has 0 aliphatic heterocycles. The van der Waals surface area contributed by atoms with Crippen LogP contribution in [0.15, 0.2) is 84.9 Å². The molecule has 0 amide bonds. The average molecular weight is 499 g/mol. The molecule has 6 rings (SSSR count). The van der Waals surface area contributed by atoms with Gasteiger partial charge in [0, 0.05) is 21.5 Å². The van der Waals surface area contributed by atoms with Gasteiger partial charge in [-0.25, -0.2) is 0 Å². The van der Waals surface area contributed by atoms with Gasteiger partial charge in [-0.1, -0.05) is 99.5 Å². The molecule has 2 nitrogen and oxygen atoms in total. The van der Waals surface area contributed by atoms with Crippen molar-refractivity contribution in [2.45, 2.75) is 52.4 Å². The van der Waals surface area contributed by atoms with Crippen molar-refractivity contribution < 1.29 is 10.2 Å². The number of hydrogen-bond donors (Lipinski definition) is 2. The second kappa shape index (κ2) is 10.0. The molecule has 6 aromatic carbocycles. The van der Waals surface area contributed by atoms with E-state index >= 15 is 0 Å². The molecular formula is C36H34O2. The normalized spacial score (nSPS) is 11.7. The van der Waals surface area contributed by atoms with Gasteiger partial charge in [0.05, 0.1) is 0 Å². The standard InChI is InChI=1S/C36H34O2/c1-3-5-11-23-17-19-27-31(21-23)35(37)29-15-9-7-13-25(29)33(27)34-26-14-8-10-16-30(26)36(38)32-22-24(12-6-4-2)18-20-28(32)34/h7-10,13-22,37-38H,3-6,11-12H2,1-2H3. The summed E-state index contributed by atoms with van der Waals surface area (Å²) in [5.74, 6) is 0.680. The molecule has 190 valence electrons. The van der Waals surface area contributed by atoms with Crippen LogP contribution in [0.5, 0.6) is 11.5 Å². The van der Waals surface area contributed by atoms with E-state index in [0.717, 1.165) is 92.7 Å². The molecule has 38 heavy (non-hydrogen) atoms. The summed E-state index contributed by atoms with van der Waals surface area (Å²) >= 11 is 0. The second-order valence-corrected chi connectivity index (χ2v) is 10.5. The molecule has 0 unspecified atom stereocenters. The fourth-order valence-electron chi connectivity index (χ4n) is 6.02. The molecular weight excluding hydrogens is 464 g/mol. The van der Waals surface area contributed by atoms with Crippen LogP contribution in [-0.4, -0.2) is 10.2 Å². The van der Waals surface area contributed by atoms with Gasteiger partial charge in [-0.15, -0.1) is 0 Å². The Balaban J connectivity index is 1.77. The van der Waals surface area contributed by atoms with E-state index in [9.17, 15) is 10.2 Å².